The number of benzene rings is 1. The Labute approximate surface area is 140 Å². The summed E-state index contributed by atoms with van der Waals surface area (Å²) in [6.45, 7) is 0. The number of fused-ring (bicyclic) bond motifs is 1. The largest absolute Gasteiger partial charge is 0.354 e. The number of hydrogen-bond donors (Lipinski definition) is 4. The van der Waals surface area contributed by atoms with Crippen LogP contribution in [0.25, 0.3) is 21.9 Å². The molecular weight excluding hydrogens is 326 g/mol. The molecule has 9 nitrogen and oxygen atoms in total. The number of barbiturate groups is 1. The Bertz CT molecular complexity index is 1100. The summed E-state index contributed by atoms with van der Waals surface area (Å²) >= 11 is 0. The number of H-pyrrole nitrogens is 1. The normalized spacial score (nSPS) is 15.4. The van der Waals surface area contributed by atoms with Crippen LogP contribution >= 0.6 is 0 Å². The summed E-state index contributed by atoms with van der Waals surface area (Å²) in [5, 5.41) is 16.9. The zero-order valence-corrected chi connectivity index (χ0v) is 12.9. The fraction of sp³-hybridized carbons (Fsp3) is 0.0625. The van der Waals surface area contributed by atoms with Gasteiger partial charge in [-0.25, -0.2) is 4.79 Å². The van der Waals surface area contributed by atoms with E-state index in [0.717, 1.165) is 0 Å². The second-order valence-corrected chi connectivity index (χ2v) is 5.10. The van der Waals surface area contributed by atoms with Crippen LogP contribution in [-0.2, 0) is 14.4 Å². The third kappa shape index (κ3) is 2.51. The Kier molecular flexibility index (Phi) is 3.79. The molecule has 1 aromatic heterocycles. The fourth-order valence-corrected chi connectivity index (χ4v) is 2.61. The molecule has 0 radical (unpaired) electrons. The van der Waals surface area contributed by atoms with Crippen molar-refractivity contribution >= 4 is 45.7 Å². The molecule has 0 aliphatic carbocycles. The fourth-order valence-electron chi connectivity index (χ4n) is 2.61. The van der Waals surface area contributed by atoms with Crippen LogP contribution < -0.4 is 26.6 Å². The molecule has 0 unspecified atom stereocenters. The highest BCUT2D eigenvalue weighted by Gasteiger charge is 2.30. The van der Waals surface area contributed by atoms with Crippen molar-refractivity contribution in [2.75, 3.05) is 7.05 Å². The lowest BCUT2D eigenvalue weighted by Crippen LogP contribution is -2.52. The van der Waals surface area contributed by atoms with Gasteiger partial charge in [0.2, 0.25) is 0 Å². The van der Waals surface area contributed by atoms with Crippen LogP contribution in [0.5, 0.6) is 0 Å². The van der Waals surface area contributed by atoms with Crippen molar-refractivity contribution in [1.29, 1.82) is 5.26 Å². The van der Waals surface area contributed by atoms with Crippen molar-refractivity contribution in [2.24, 2.45) is 0 Å². The molecule has 4 N–H and O–H groups in total. The van der Waals surface area contributed by atoms with Gasteiger partial charge in [0.05, 0.1) is 10.7 Å². The van der Waals surface area contributed by atoms with E-state index in [2.05, 4.69) is 10.3 Å². The van der Waals surface area contributed by atoms with Gasteiger partial charge in [-0.2, -0.15) is 5.26 Å². The second kappa shape index (κ2) is 5.93. The number of hydrogen-bond acceptors (Lipinski definition) is 5. The average Bonchev–Trinajstić information content (AvgIpc) is 2.94. The Morgan fingerprint density at radius 1 is 1.08 bits per heavy atom. The van der Waals surface area contributed by atoms with Crippen LogP contribution in [0.4, 0.5) is 4.79 Å². The first-order chi connectivity index (χ1) is 12.0. The zero-order valence-electron chi connectivity index (χ0n) is 12.9. The molecule has 2 aromatic rings. The first-order valence-electron chi connectivity index (χ1n) is 7.12. The first kappa shape index (κ1) is 15.9. The highest BCUT2D eigenvalue weighted by Crippen LogP contribution is 2.08. The minimum Gasteiger partial charge on any atom is -0.354 e. The van der Waals surface area contributed by atoms with Gasteiger partial charge < -0.3 is 10.3 Å². The average molecular weight is 337 g/mol. The molecule has 1 aliphatic heterocycles. The predicted octanol–water partition coefficient (Wildman–Crippen LogP) is -1.90. The molecule has 1 saturated heterocycles. The molecule has 1 aliphatic rings. The topological polar surface area (TPSA) is 144 Å². The van der Waals surface area contributed by atoms with Crippen LogP contribution in [0.2, 0.25) is 0 Å². The molecule has 25 heavy (non-hydrogen) atoms. The van der Waals surface area contributed by atoms with Crippen molar-refractivity contribution in [2.45, 2.75) is 0 Å². The number of amides is 5. The van der Waals surface area contributed by atoms with Gasteiger partial charge in [-0.1, -0.05) is 24.3 Å². The number of carbonyl (C=O) groups excluding carboxylic acids is 4. The van der Waals surface area contributed by atoms with E-state index in [0.29, 0.717) is 10.8 Å². The lowest BCUT2D eigenvalue weighted by Gasteiger charge is -2.13. The molecule has 1 fully saturated rings. The van der Waals surface area contributed by atoms with Crippen molar-refractivity contribution in [3.05, 3.63) is 35.0 Å². The van der Waals surface area contributed by atoms with E-state index in [1.807, 2.05) is 16.7 Å². The number of urea groups is 1. The maximum absolute atomic E-state index is 12.1. The summed E-state index contributed by atoms with van der Waals surface area (Å²) in [5.41, 5.74) is -0.505. The van der Waals surface area contributed by atoms with Gasteiger partial charge in [0.25, 0.3) is 17.7 Å². The number of nitrogens with one attached hydrogen (secondary N) is 4. The van der Waals surface area contributed by atoms with Gasteiger partial charge in [0, 0.05) is 17.8 Å². The van der Waals surface area contributed by atoms with Crippen molar-refractivity contribution < 1.29 is 19.2 Å². The third-order valence-electron chi connectivity index (χ3n) is 3.69. The van der Waals surface area contributed by atoms with Crippen LogP contribution in [0.15, 0.2) is 24.3 Å². The molecule has 0 bridgehead atoms. The van der Waals surface area contributed by atoms with E-state index >= 15 is 0 Å². The maximum atomic E-state index is 12.1. The van der Waals surface area contributed by atoms with Crippen molar-refractivity contribution in [3.63, 3.8) is 0 Å². The second-order valence-electron chi connectivity index (χ2n) is 5.10. The predicted molar refractivity (Wildman–Crippen MR) is 85.7 cm³/mol. The lowest BCUT2D eigenvalue weighted by molar-refractivity contribution is -0.121. The summed E-state index contributed by atoms with van der Waals surface area (Å²) in [6.07, 6.45) is 0. The highest BCUT2D eigenvalue weighted by molar-refractivity contribution is 6.46. The Morgan fingerprint density at radius 2 is 1.68 bits per heavy atom. The SMILES string of the molecule is CNC(=O)C(C#N)=c1[nH]c(=C2C(=O)NC(=O)NC2=O)c2ccccc12. The van der Waals surface area contributed by atoms with Crippen LogP contribution in [0.3, 0.4) is 0 Å². The van der Waals surface area contributed by atoms with E-state index < -0.39 is 23.8 Å². The zero-order chi connectivity index (χ0) is 18.1. The van der Waals surface area contributed by atoms with Crippen molar-refractivity contribution in [3.8, 4) is 6.07 Å². The number of nitrogens with zero attached hydrogens (tertiary/aromatic N) is 1. The van der Waals surface area contributed by atoms with Crippen LogP contribution in [-0.4, -0.2) is 35.8 Å². The van der Waals surface area contributed by atoms with Crippen molar-refractivity contribution in [1.82, 2.24) is 20.9 Å². The lowest BCUT2D eigenvalue weighted by atomic mass is 10.1. The van der Waals surface area contributed by atoms with E-state index in [-0.39, 0.29) is 21.8 Å². The van der Waals surface area contributed by atoms with E-state index in [4.69, 9.17) is 0 Å². The Morgan fingerprint density at radius 3 is 2.24 bits per heavy atom. The summed E-state index contributed by atoms with van der Waals surface area (Å²) in [5.74, 6) is -2.35. The van der Waals surface area contributed by atoms with Gasteiger partial charge in [-0.05, 0) is 0 Å². The molecule has 0 saturated carbocycles. The highest BCUT2D eigenvalue weighted by atomic mass is 16.2. The summed E-state index contributed by atoms with van der Waals surface area (Å²) in [7, 11) is 1.38. The van der Waals surface area contributed by atoms with Crippen LogP contribution in [0.1, 0.15) is 0 Å². The molecule has 124 valence electrons. The molecular formula is C16H11N5O4. The Balaban J connectivity index is 2.51. The van der Waals surface area contributed by atoms with E-state index in [1.54, 1.807) is 24.3 Å². The summed E-state index contributed by atoms with van der Waals surface area (Å²) in [6, 6.07) is 7.56. The maximum Gasteiger partial charge on any atom is 0.328 e. The molecule has 5 amide bonds. The molecule has 9 heteroatoms. The monoisotopic (exact) mass is 337 g/mol. The summed E-state index contributed by atoms with van der Waals surface area (Å²) < 4.78 is 0. The van der Waals surface area contributed by atoms with Gasteiger partial charge in [-0.3, -0.25) is 25.0 Å². The van der Waals surface area contributed by atoms with Crippen LogP contribution in [0, 0.1) is 11.3 Å². The molecule has 1 aromatic carbocycles. The number of aromatic amines is 1. The van der Waals surface area contributed by atoms with Gasteiger partial charge in [0.1, 0.15) is 17.2 Å². The molecule has 3 rings (SSSR count). The number of aromatic nitrogens is 1. The minimum atomic E-state index is -0.913. The van der Waals surface area contributed by atoms with E-state index in [1.165, 1.54) is 7.05 Å². The van der Waals surface area contributed by atoms with E-state index in [9.17, 15) is 24.4 Å². The molecule has 0 atom stereocenters. The standard InChI is InChI=1S/C16H11N5O4/c1-18-13(22)9(6-17)11-7-4-2-3-5-8(7)12(19-11)10-14(23)20-16(25)21-15(10)24/h2-5,19H,1H3,(H,18,22)(H2,20,21,23,24,25). The number of rotatable bonds is 1. The van der Waals surface area contributed by atoms with Gasteiger partial charge >= 0.3 is 6.03 Å². The number of nitriles is 1. The smallest absolute Gasteiger partial charge is 0.328 e. The number of carbonyl (C=O) groups is 4. The first-order valence-corrected chi connectivity index (χ1v) is 7.12. The van der Waals surface area contributed by atoms with Gasteiger partial charge in [-0.15, -0.1) is 0 Å². The molecule has 2 heterocycles. The third-order valence-corrected chi connectivity index (χ3v) is 3.69. The number of imide groups is 2. The summed E-state index contributed by atoms with van der Waals surface area (Å²) in [4.78, 5) is 50.2. The van der Waals surface area contributed by atoms with Gasteiger partial charge in [0.15, 0.2) is 0 Å². The molecule has 0 spiro atoms. The minimum absolute atomic E-state index is 0.116. The Hall–Kier alpha value is -3.93. The quantitative estimate of drug-likeness (QED) is 0.481.